The molecule has 55 heavy (non-hydrogen) atoms. The summed E-state index contributed by atoms with van der Waals surface area (Å²) in [5, 5.41) is 14.2. The average molecular weight is 1050 g/mol. The van der Waals surface area contributed by atoms with Gasteiger partial charge in [0.05, 0.1) is 44.9 Å². The fraction of sp³-hybridized carbons (Fsp3) is 0.273. The number of fused-ring (bicyclic) bond motifs is 1. The van der Waals surface area contributed by atoms with Crippen LogP contribution >= 0.6 is 30.6 Å². The number of thioether (sulfide) groups is 1. The van der Waals surface area contributed by atoms with Gasteiger partial charge in [-0.15, -0.1) is 28.9 Å². The number of rotatable bonds is 16. The first-order valence-corrected chi connectivity index (χ1v) is 19.9. The van der Waals surface area contributed by atoms with Gasteiger partial charge in [0, 0.05) is 9.47 Å². The summed E-state index contributed by atoms with van der Waals surface area (Å²) in [5.41, 5.74) is 7.52. The Kier molecular flexibility index (Phi) is 13.9. The van der Waals surface area contributed by atoms with Gasteiger partial charge in [-0.1, -0.05) is 150 Å². The molecule has 1 aromatic heterocycles. The predicted octanol–water partition coefficient (Wildman–Crippen LogP) is 8.93. The van der Waals surface area contributed by atoms with Crippen LogP contribution in [0.25, 0.3) is 10.9 Å². The average Bonchev–Trinajstić information content (AvgIpc) is 3.48. The first-order valence-electron chi connectivity index (χ1n) is 18.1. The smallest absolute Gasteiger partial charge is 0.164 e. The third-order valence-corrected chi connectivity index (χ3v) is 11.8. The van der Waals surface area contributed by atoms with Gasteiger partial charge in [-0.25, -0.2) is 0 Å². The number of aryl methyl sites for hydroxylation is 1. The molecule has 1 saturated heterocycles. The van der Waals surface area contributed by atoms with E-state index in [4.69, 9.17) is 23.5 Å². The van der Waals surface area contributed by atoms with Crippen molar-refractivity contribution in [3.63, 3.8) is 0 Å². The zero-order valence-electron chi connectivity index (χ0n) is 31.0. The minimum Gasteiger partial charge on any atom is -0.448 e. The summed E-state index contributed by atoms with van der Waals surface area (Å²) < 4.78 is 34.9. The molecule has 11 heteroatoms. The quantitative estimate of drug-likeness (QED) is 0.0768. The molecular weight excluding hydrogens is 1000 g/mol. The number of hydrogen-bond donors (Lipinski definition) is 1. The number of nitrogens with zero attached hydrogens (tertiary/aromatic N) is 1. The fourth-order valence-electron chi connectivity index (χ4n) is 7.05. The molecule has 3 unspecified atom stereocenters. The Balaban J connectivity index is 0.00000514. The van der Waals surface area contributed by atoms with Gasteiger partial charge < -0.3 is 32.9 Å². The second-order valence-electron chi connectivity index (χ2n) is 13.5. The van der Waals surface area contributed by atoms with Crippen molar-refractivity contribution in [3.8, 4) is 0 Å². The Labute approximate surface area is 326 Å². The molecule has 5 aromatic carbocycles. The molecule has 6 aromatic rings. The second-order valence-corrected chi connectivity index (χ2v) is 15.9. The third kappa shape index (κ3) is 9.53. The number of benzene rings is 5. The molecule has 0 radical (unpaired) electrons. The van der Waals surface area contributed by atoms with Gasteiger partial charge in [0.1, 0.15) is 18.3 Å². The molecule has 7 atom stereocenters. The molecule has 1 fully saturated rings. The van der Waals surface area contributed by atoms with Crippen LogP contribution in [-0.4, -0.2) is 39.6 Å². The van der Waals surface area contributed by atoms with Crippen molar-refractivity contribution < 1.29 is 28.6 Å². The van der Waals surface area contributed by atoms with Crippen molar-refractivity contribution >= 4 is 41.5 Å². The largest absolute Gasteiger partial charge is 0.448 e. The van der Waals surface area contributed by atoms with Gasteiger partial charge >= 0.3 is 0 Å². The second kappa shape index (κ2) is 19.0. The van der Waals surface area contributed by atoms with Crippen LogP contribution in [0.1, 0.15) is 38.9 Å². The monoisotopic (exact) mass is 1050 g/mol. The van der Waals surface area contributed by atoms with Crippen LogP contribution in [0.15, 0.2) is 133 Å². The van der Waals surface area contributed by atoms with Crippen molar-refractivity contribution in [3.05, 3.63) is 179 Å². The van der Waals surface area contributed by atoms with Crippen LogP contribution in [0.5, 0.6) is 0 Å². The SMILES string of the molecule is Cc1[c-]n(P)c2cc(C3(O)S[C@H](COCc4ccccc4)[C@@H](OCc4ccccc4)[C@H](OCc4ccccc4)[C@H]3OCc3ccccc3)c(COP)cc12.[Rf]. The molecule has 2 heterocycles. The number of ether oxygens (including phenoxy) is 4. The summed E-state index contributed by atoms with van der Waals surface area (Å²) in [6, 6.07) is 44.4. The van der Waals surface area contributed by atoms with Gasteiger partial charge in [0.2, 0.25) is 0 Å². The van der Waals surface area contributed by atoms with Gasteiger partial charge in [-0.2, -0.15) is 5.39 Å². The van der Waals surface area contributed by atoms with E-state index in [-0.39, 0.29) is 18.5 Å². The Bertz CT molecular complexity index is 2080. The molecule has 7 nitrogen and oxygen atoms in total. The van der Waals surface area contributed by atoms with Crippen molar-refractivity contribution in [1.82, 2.24) is 4.34 Å². The fourth-order valence-corrected chi connectivity index (χ4v) is 9.28. The molecule has 0 amide bonds. The number of aliphatic hydroxyl groups is 1. The summed E-state index contributed by atoms with van der Waals surface area (Å²) in [4.78, 5) is -1.63. The van der Waals surface area contributed by atoms with Crippen molar-refractivity contribution in [2.75, 3.05) is 6.61 Å². The first kappa shape index (κ1) is 40.3. The summed E-state index contributed by atoms with van der Waals surface area (Å²) in [6.07, 6.45) is 1.25. The minimum atomic E-state index is -1.63. The maximum Gasteiger partial charge on any atom is 0.164 e. The van der Waals surface area contributed by atoms with Crippen molar-refractivity contribution in [1.29, 1.82) is 0 Å². The van der Waals surface area contributed by atoms with Gasteiger partial charge in [0.25, 0.3) is 0 Å². The maximum absolute atomic E-state index is 13.6. The maximum atomic E-state index is 13.6. The topological polar surface area (TPSA) is 71.3 Å². The molecular formula is C44H46NO6P2RfS-. The molecule has 0 aliphatic carbocycles. The molecule has 1 aliphatic rings. The van der Waals surface area contributed by atoms with Gasteiger partial charge in [0.15, 0.2) is 4.93 Å². The Morgan fingerprint density at radius 3 is 1.71 bits per heavy atom. The molecule has 282 valence electrons. The van der Waals surface area contributed by atoms with E-state index in [0.717, 1.165) is 44.3 Å². The van der Waals surface area contributed by atoms with E-state index in [1.54, 1.807) is 0 Å². The molecule has 7 rings (SSSR count). The summed E-state index contributed by atoms with van der Waals surface area (Å²) in [7, 11) is 5.08. The van der Waals surface area contributed by atoms with Gasteiger partial charge in [-0.05, 0) is 33.4 Å². The van der Waals surface area contributed by atoms with E-state index in [1.807, 2.05) is 127 Å². The summed E-state index contributed by atoms with van der Waals surface area (Å²) >= 11 is 1.41. The summed E-state index contributed by atoms with van der Waals surface area (Å²) in [5.74, 6) is 0. The molecule has 0 spiro atoms. The van der Waals surface area contributed by atoms with Crippen molar-refractivity contribution in [2.24, 2.45) is 0 Å². The van der Waals surface area contributed by atoms with E-state index in [9.17, 15) is 5.11 Å². The standard InChI is InChI=1S/C44H46NO6P2S.Rf/c1-31-24-45(52)39-23-38(36(29-51-53)22-37(31)39)44(46)43(50-28-35-20-12-5-13-21-35)42(49-27-34-18-10-4-11-19-34)41(48-26-33-16-8-3-9-17-33)40(54-44)30-47-25-32-14-6-2-7-15-32;/h2-23,40-43,46H,25-30,52-53H2,1H3;/q-1;/t40-,41-,42+,43-,44?;/m1./s1. The van der Waals surface area contributed by atoms with Crippen LogP contribution in [0, 0.1) is 13.1 Å². The number of aromatic nitrogens is 1. The molecule has 1 aliphatic heterocycles. The zero-order chi connectivity index (χ0) is 37.3. The van der Waals surface area contributed by atoms with E-state index >= 15 is 0 Å². The molecule has 1 N–H and O–H groups in total. The van der Waals surface area contributed by atoms with Gasteiger partial charge in [-0.3, -0.25) is 0 Å². The van der Waals surface area contributed by atoms with E-state index in [2.05, 4.69) is 43.3 Å². The van der Waals surface area contributed by atoms with Crippen LogP contribution in [0.2, 0.25) is 0 Å². The van der Waals surface area contributed by atoms with E-state index < -0.39 is 23.2 Å². The van der Waals surface area contributed by atoms with Crippen LogP contribution in [0.4, 0.5) is 0 Å². The Morgan fingerprint density at radius 1 is 0.691 bits per heavy atom. The predicted molar refractivity (Wildman–Crippen MR) is 222 cm³/mol. The van der Waals surface area contributed by atoms with E-state index in [1.165, 1.54) is 11.8 Å². The zero-order valence-corrected chi connectivity index (χ0v) is 40.5. The minimum absolute atomic E-state index is 0. The normalized spacial score (nSPS) is 21.0. The number of hydrogen-bond acceptors (Lipinski definition) is 7. The van der Waals surface area contributed by atoms with Crippen LogP contribution in [-0.2, 0) is 61.4 Å². The van der Waals surface area contributed by atoms with Crippen LogP contribution < -0.4 is 0 Å². The first-order chi connectivity index (χ1) is 26.4. The van der Waals surface area contributed by atoms with E-state index in [0.29, 0.717) is 32.0 Å². The molecule has 0 bridgehead atoms. The van der Waals surface area contributed by atoms with Crippen molar-refractivity contribution in [2.45, 2.75) is 68.5 Å². The Hall–Kier alpha value is -4.39. The Morgan fingerprint density at radius 2 is 1.18 bits per heavy atom. The summed E-state index contributed by atoms with van der Waals surface area (Å²) in [6.45, 7) is 3.90. The third-order valence-electron chi connectivity index (χ3n) is 9.74. The van der Waals surface area contributed by atoms with Crippen LogP contribution in [0.3, 0.4) is 0 Å². The molecule has 0 saturated carbocycles.